The third kappa shape index (κ3) is 3.99. The number of ether oxygens (including phenoxy) is 1. The van der Waals surface area contributed by atoms with Crippen LogP contribution in [-0.2, 0) is 17.8 Å². The van der Waals surface area contributed by atoms with Gasteiger partial charge in [0.2, 0.25) is 0 Å². The predicted octanol–water partition coefficient (Wildman–Crippen LogP) is 4.16. The first kappa shape index (κ1) is 15.4. The quantitative estimate of drug-likeness (QED) is 0.902. The Balaban J connectivity index is 2.15. The molecule has 0 saturated carbocycles. The molecule has 21 heavy (non-hydrogen) atoms. The Morgan fingerprint density at radius 3 is 2.29 bits per heavy atom. The first-order chi connectivity index (χ1) is 9.97. The molecule has 0 amide bonds. The van der Waals surface area contributed by atoms with Crippen molar-refractivity contribution in [3.05, 3.63) is 63.7 Å². The van der Waals surface area contributed by atoms with E-state index in [0.717, 1.165) is 33.0 Å². The van der Waals surface area contributed by atoms with Crippen molar-refractivity contribution in [3.63, 3.8) is 0 Å². The van der Waals surface area contributed by atoms with Gasteiger partial charge in [0.05, 0.1) is 6.42 Å². The van der Waals surface area contributed by atoms with Crippen molar-refractivity contribution in [3.8, 4) is 5.75 Å². The van der Waals surface area contributed by atoms with Crippen molar-refractivity contribution in [1.29, 1.82) is 0 Å². The lowest BCUT2D eigenvalue weighted by Crippen LogP contribution is -2.06. The fourth-order valence-corrected chi connectivity index (χ4v) is 2.29. The van der Waals surface area contributed by atoms with Crippen LogP contribution in [0, 0.1) is 13.8 Å². The largest absolute Gasteiger partial charge is 0.489 e. The molecule has 2 aromatic rings. The van der Waals surface area contributed by atoms with Crippen molar-refractivity contribution in [1.82, 2.24) is 0 Å². The van der Waals surface area contributed by atoms with Gasteiger partial charge in [-0.2, -0.15) is 0 Å². The van der Waals surface area contributed by atoms with E-state index in [9.17, 15) is 4.79 Å². The van der Waals surface area contributed by atoms with Gasteiger partial charge in [0, 0.05) is 5.02 Å². The zero-order chi connectivity index (χ0) is 15.4. The van der Waals surface area contributed by atoms with Crippen molar-refractivity contribution in [2.45, 2.75) is 26.9 Å². The van der Waals surface area contributed by atoms with E-state index in [1.807, 2.05) is 50.2 Å². The summed E-state index contributed by atoms with van der Waals surface area (Å²) < 4.78 is 5.78. The van der Waals surface area contributed by atoms with E-state index in [1.54, 1.807) is 0 Å². The maximum atomic E-state index is 10.9. The van der Waals surface area contributed by atoms with E-state index in [2.05, 4.69) is 0 Å². The Kier molecular flexibility index (Phi) is 4.86. The zero-order valence-corrected chi connectivity index (χ0v) is 12.8. The molecule has 0 bridgehead atoms. The van der Waals surface area contributed by atoms with Gasteiger partial charge in [-0.1, -0.05) is 35.9 Å². The summed E-state index contributed by atoms with van der Waals surface area (Å²) in [6.07, 6.45) is -0.00178. The Bertz CT molecular complexity index is 642. The summed E-state index contributed by atoms with van der Waals surface area (Å²) in [7, 11) is 0. The molecule has 0 aromatic heterocycles. The van der Waals surface area contributed by atoms with Gasteiger partial charge >= 0.3 is 5.97 Å². The smallest absolute Gasteiger partial charge is 0.307 e. The Morgan fingerprint density at radius 2 is 1.71 bits per heavy atom. The molecule has 0 heterocycles. The number of rotatable bonds is 5. The molecule has 0 unspecified atom stereocenters. The molecular weight excluding hydrogens is 288 g/mol. The summed E-state index contributed by atoms with van der Waals surface area (Å²) in [5.41, 5.74) is 3.58. The number of carboxylic acid groups (broad SMARTS) is 1. The van der Waals surface area contributed by atoms with Crippen LogP contribution in [0.2, 0.25) is 5.02 Å². The standard InChI is InChI=1S/C17H17ClO3/c1-11-7-15(8-12(2)17(11)18)21-10-14-6-4-3-5-13(14)9-16(19)20/h3-8H,9-10H2,1-2H3,(H,19,20). The summed E-state index contributed by atoms with van der Waals surface area (Å²) in [5, 5.41) is 9.67. The average Bonchev–Trinajstić information content (AvgIpc) is 2.43. The van der Waals surface area contributed by atoms with E-state index < -0.39 is 5.97 Å². The first-order valence-electron chi connectivity index (χ1n) is 6.65. The highest BCUT2D eigenvalue weighted by atomic mass is 35.5. The van der Waals surface area contributed by atoms with Crippen molar-refractivity contribution in [2.24, 2.45) is 0 Å². The zero-order valence-electron chi connectivity index (χ0n) is 12.0. The highest BCUT2D eigenvalue weighted by Crippen LogP contribution is 2.26. The molecule has 2 rings (SSSR count). The number of hydrogen-bond donors (Lipinski definition) is 1. The van der Waals surface area contributed by atoms with Gasteiger partial charge in [0.25, 0.3) is 0 Å². The number of carboxylic acids is 1. The predicted molar refractivity (Wildman–Crippen MR) is 83.0 cm³/mol. The molecule has 110 valence electrons. The van der Waals surface area contributed by atoms with E-state index >= 15 is 0 Å². The molecule has 0 spiro atoms. The molecule has 0 aliphatic carbocycles. The monoisotopic (exact) mass is 304 g/mol. The van der Waals surface area contributed by atoms with Crippen molar-refractivity contribution < 1.29 is 14.6 Å². The molecule has 0 aliphatic rings. The molecule has 3 nitrogen and oxygen atoms in total. The van der Waals surface area contributed by atoms with Gasteiger partial charge in [0.15, 0.2) is 0 Å². The third-order valence-corrected chi connectivity index (χ3v) is 3.86. The van der Waals surface area contributed by atoms with Crippen LogP contribution in [0.25, 0.3) is 0 Å². The Morgan fingerprint density at radius 1 is 1.14 bits per heavy atom. The lowest BCUT2D eigenvalue weighted by Gasteiger charge is -2.12. The van der Waals surface area contributed by atoms with Gasteiger partial charge < -0.3 is 9.84 Å². The van der Waals surface area contributed by atoms with Gasteiger partial charge in [-0.15, -0.1) is 0 Å². The number of halogens is 1. The number of carbonyl (C=O) groups is 1. The second-order valence-corrected chi connectivity index (χ2v) is 5.38. The molecule has 0 saturated heterocycles. The fraction of sp³-hybridized carbons (Fsp3) is 0.235. The SMILES string of the molecule is Cc1cc(OCc2ccccc2CC(=O)O)cc(C)c1Cl. The van der Waals surface area contributed by atoms with Crippen molar-refractivity contribution >= 4 is 17.6 Å². The van der Waals surface area contributed by atoms with Gasteiger partial charge in [-0.05, 0) is 48.2 Å². The molecular formula is C17H17ClO3. The molecule has 0 aliphatic heterocycles. The molecule has 0 fully saturated rings. The number of aliphatic carboxylic acids is 1. The lowest BCUT2D eigenvalue weighted by atomic mass is 10.1. The maximum Gasteiger partial charge on any atom is 0.307 e. The summed E-state index contributed by atoms with van der Waals surface area (Å²) in [6.45, 7) is 4.20. The molecule has 2 aromatic carbocycles. The summed E-state index contributed by atoms with van der Waals surface area (Å²) in [6, 6.07) is 11.2. The highest BCUT2D eigenvalue weighted by molar-refractivity contribution is 6.32. The minimum absolute atomic E-state index is 0.00178. The summed E-state index contributed by atoms with van der Waals surface area (Å²) in [5.74, 6) is -0.111. The van der Waals surface area contributed by atoms with Gasteiger partial charge in [-0.3, -0.25) is 4.79 Å². The van der Waals surface area contributed by atoms with E-state index in [-0.39, 0.29) is 6.42 Å². The molecule has 0 atom stereocenters. The van der Waals surface area contributed by atoms with E-state index in [4.69, 9.17) is 21.4 Å². The van der Waals surface area contributed by atoms with Crippen LogP contribution in [0.1, 0.15) is 22.3 Å². The number of benzene rings is 2. The Hall–Kier alpha value is -2.00. The van der Waals surface area contributed by atoms with Crippen LogP contribution >= 0.6 is 11.6 Å². The first-order valence-corrected chi connectivity index (χ1v) is 7.03. The topological polar surface area (TPSA) is 46.5 Å². The minimum atomic E-state index is -0.847. The van der Waals surface area contributed by atoms with Crippen LogP contribution in [0.15, 0.2) is 36.4 Å². The van der Waals surface area contributed by atoms with Crippen molar-refractivity contribution in [2.75, 3.05) is 0 Å². The second-order valence-electron chi connectivity index (χ2n) is 5.00. The van der Waals surface area contributed by atoms with Crippen LogP contribution in [-0.4, -0.2) is 11.1 Å². The van der Waals surface area contributed by atoms with Crippen LogP contribution in [0.4, 0.5) is 0 Å². The molecule has 4 heteroatoms. The highest BCUT2D eigenvalue weighted by Gasteiger charge is 2.08. The van der Waals surface area contributed by atoms with Crippen LogP contribution < -0.4 is 4.74 Å². The lowest BCUT2D eigenvalue weighted by molar-refractivity contribution is -0.136. The Labute approximate surface area is 129 Å². The maximum absolute atomic E-state index is 10.9. The molecule has 1 N–H and O–H groups in total. The number of hydrogen-bond acceptors (Lipinski definition) is 2. The summed E-state index contributed by atoms with van der Waals surface area (Å²) >= 11 is 6.13. The molecule has 0 radical (unpaired) electrons. The van der Waals surface area contributed by atoms with Crippen LogP contribution in [0.5, 0.6) is 5.75 Å². The fourth-order valence-electron chi connectivity index (χ4n) is 2.18. The average molecular weight is 305 g/mol. The minimum Gasteiger partial charge on any atom is -0.489 e. The summed E-state index contributed by atoms with van der Waals surface area (Å²) in [4.78, 5) is 10.9. The van der Waals surface area contributed by atoms with Crippen LogP contribution in [0.3, 0.4) is 0 Å². The van der Waals surface area contributed by atoms with E-state index in [0.29, 0.717) is 6.61 Å². The van der Waals surface area contributed by atoms with Gasteiger partial charge in [-0.25, -0.2) is 0 Å². The third-order valence-electron chi connectivity index (χ3n) is 3.26. The normalized spacial score (nSPS) is 10.4. The van der Waals surface area contributed by atoms with Gasteiger partial charge in [0.1, 0.15) is 12.4 Å². The number of aryl methyl sites for hydroxylation is 2. The van der Waals surface area contributed by atoms with E-state index in [1.165, 1.54) is 0 Å². The second kappa shape index (κ2) is 6.64.